The Morgan fingerprint density at radius 2 is 1.00 bits per heavy atom. The number of rotatable bonds is 3. The molecule has 1 heterocycles. The van der Waals surface area contributed by atoms with Gasteiger partial charge < -0.3 is 0 Å². The molecule has 2 aliphatic carbocycles. The molecule has 214 valence electrons. The van der Waals surface area contributed by atoms with Crippen molar-refractivity contribution in [2.75, 3.05) is 4.90 Å². The number of carbonyl (C=O) groups is 1. The van der Waals surface area contributed by atoms with Crippen LogP contribution in [0.5, 0.6) is 0 Å². The van der Waals surface area contributed by atoms with Gasteiger partial charge in [0.15, 0.2) is 0 Å². The van der Waals surface area contributed by atoms with E-state index in [2.05, 4.69) is 152 Å². The highest BCUT2D eigenvalue weighted by atomic mass is 16.2. The Balaban J connectivity index is 1.40. The van der Waals surface area contributed by atoms with Gasteiger partial charge >= 0.3 is 0 Å². The third kappa shape index (κ3) is 3.79. The van der Waals surface area contributed by atoms with Crippen molar-refractivity contribution in [3.8, 4) is 22.3 Å². The summed E-state index contributed by atoms with van der Waals surface area (Å²) in [6.07, 6.45) is 5.78. The van der Waals surface area contributed by atoms with Crippen LogP contribution in [0.3, 0.4) is 0 Å². The fourth-order valence-electron chi connectivity index (χ4n) is 7.82. The molecule has 1 unspecified atom stereocenters. The van der Waals surface area contributed by atoms with Crippen LogP contribution in [0.2, 0.25) is 0 Å². The van der Waals surface area contributed by atoms with E-state index in [0.29, 0.717) is 0 Å². The molecule has 2 nitrogen and oxygen atoms in total. The maximum atomic E-state index is 14.2. The number of allylic oxidation sites excluding steroid dienone is 1. The van der Waals surface area contributed by atoms with E-state index in [1.54, 1.807) is 0 Å². The molecule has 6 aromatic carbocycles. The number of amides is 1. The Morgan fingerprint density at radius 3 is 1.47 bits per heavy atom. The molecule has 2 heteroatoms. The summed E-state index contributed by atoms with van der Waals surface area (Å²) < 4.78 is 0. The van der Waals surface area contributed by atoms with E-state index in [4.69, 9.17) is 0 Å². The molecular formula is C43H31NO. The zero-order valence-electron chi connectivity index (χ0n) is 24.9. The smallest absolute Gasteiger partial charge is 0.238 e. The van der Waals surface area contributed by atoms with Gasteiger partial charge in [-0.15, -0.1) is 0 Å². The minimum absolute atomic E-state index is 0.0968. The lowest BCUT2D eigenvalue weighted by molar-refractivity contribution is -0.120. The molecule has 0 radical (unpaired) electrons. The predicted octanol–water partition coefficient (Wildman–Crippen LogP) is 9.86. The van der Waals surface area contributed by atoms with Crippen molar-refractivity contribution in [1.82, 2.24) is 0 Å². The molecule has 0 bridgehead atoms. The zero-order chi connectivity index (χ0) is 30.0. The quantitative estimate of drug-likeness (QED) is 0.191. The molecule has 3 aliphatic rings. The molecule has 9 rings (SSSR count). The molecule has 1 aliphatic heterocycles. The van der Waals surface area contributed by atoms with Crippen molar-refractivity contribution in [1.29, 1.82) is 0 Å². The minimum Gasteiger partial charge on any atom is -0.280 e. The molecule has 0 fully saturated rings. The highest BCUT2D eigenvalue weighted by molar-refractivity contribution is 6.07. The number of benzene rings is 6. The summed E-state index contributed by atoms with van der Waals surface area (Å²) in [6, 6.07) is 52.6. The Morgan fingerprint density at radius 1 is 0.533 bits per heavy atom. The van der Waals surface area contributed by atoms with Crippen LogP contribution >= 0.6 is 0 Å². The Bertz CT molecular complexity index is 2000. The number of nitrogens with zero attached hydrogens (tertiary/aromatic N) is 1. The summed E-state index contributed by atoms with van der Waals surface area (Å²) >= 11 is 0. The van der Waals surface area contributed by atoms with Crippen LogP contribution in [0.4, 0.5) is 11.4 Å². The summed E-state index contributed by atoms with van der Waals surface area (Å²) in [4.78, 5) is 16.2. The molecule has 1 atom stereocenters. The van der Waals surface area contributed by atoms with Gasteiger partial charge in [0, 0.05) is 0 Å². The minimum atomic E-state index is -0.613. The number of para-hydroxylation sites is 2. The second kappa shape index (κ2) is 10.0. The van der Waals surface area contributed by atoms with Crippen LogP contribution in [0.25, 0.3) is 22.3 Å². The van der Waals surface area contributed by atoms with Crippen molar-refractivity contribution >= 4 is 17.3 Å². The van der Waals surface area contributed by atoms with Gasteiger partial charge in [-0.05, 0) is 92.7 Å². The molecule has 6 aromatic rings. The fourth-order valence-corrected chi connectivity index (χ4v) is 7.82. The SMILES string of the molecule is O=C(C1C=CC1)N1c2ccccc2C2(c3cc(-c4ccccc4)ccc3Cc3ccc(-c4ccccc4)cc32)c2ccccc21. The van der Waals surface area contributed by atoms with Gasteiger partial charge in [0.25, 0.3) is 0 Å². The second-order valence-corrected chi connectivity index (χ2v) is 12.4. The average Bonchev–Trinajstić information content (AvgIpc) is 3.08. The largest absolute Gasteiger partial charge is 0.280 e. The highest BCUT2D eigenvalue weighted by Gasteiger charge is 2.51. The summed E-state index contributed by atoms with van der Waals surface area (Å²) in [6.45, 7) is 0. The third-order valence-electron chi connectivity index (χ3n) is 10.0. The van der Waals surface area contributed by atoms with Gasteiger partial charge in [0.05, 0.1) is 22.7 Å². The van der Waals surface area contributed by atoms with Crippen LogP contribution in [0.15, 0.2) is 158 Å². The van der Waals surface area contributed by atoms with Gasteiger partial charge in [-0.25, -0.2) is 0 Å². The first kappa shape index (κ1) is 26.0. The van der Waals surface area contributed by atoms with Crippen LogP contribution in [0, 0.1) is 5.92 Å². The van der Waals surface area contributed by atoms with Gasteiger partial charge in [0.1, 0.15) is 0 Å². The van der Waals surface area contributed by atoms with Crippen LogP contribution in [0.1, 0.15) is 39.8 Å². The lowest BCUT2D eigenvalue weighted by Crippen LogP contribution is -2.45. The summed E-state index contributed by atoms with van der Waals surface area (Å²) in [5.74, 6) is 0.0417. The predicted molar refractivity (Wildman–Crippen MR) is 183 cm³/mol. The monoisotopic (exact) mass is 577 g/mol. The van der Waals surface area contributed by atoms with Gasteiger partial charge in [0.2, 0.25) is 5.91 Å². The Labute approximate surface area is 263 Å². The third-order valence-corrected chi connectivity index (χ3v) is 10.0. The van der Waals surface area contributed by atoms with Crippen molar-refractivity contribution in [3.63, 3.8) is 0 Å². The van der Waals surface area contributed by atoms with E-state index in [1.165, 1.54) is 44.5 Å². The molecule has 0 N–H and O–H groups in total. The first-order valence-electron chi connectivity index (χ1n) is 15.8. The fraction of sp³-hybridized carbons (Fsp3) is 0.0930. The maximum absolute atomic E-state index is 14.2. The van der Waals surface area contributed by atoms with Crippen molar-refractivity contribution in [3.05, 3.63) is 191 Å². The molecular weight excluding hydrogens is 546 g/mol. The van der Waals surface area contributed by atoms with E-state index >= 15 is 0 Å². The average molecular weight is 578 g/mol. The van der Waals surface area contributed by atoms with Crippen LogP contribution in [-0.2, 0) is 16.6 Å². The van der Waals surface area contributed by atoms with E-state index in [1.807, 2.05) is 11.0 Å². The van der Waals surface area contributed by atoms with Crippen LogP contribution < -0.4 is 4.90 Å². The van der Waals surface area contributed by atoms with Crippen molar-refractivity contribution in [2.24, 2.45) is 5.92 Å². The molecule has 0 saturated carbocycles. The standard InChI is InChI=1S/C43H31NO/c45-42(31-16-11-17-31)44-40-20-9-7-18-36(40)43(37-19-8-10-21-41(37)44)38-27-32(29-12-3-1-4-13-29)22-24-34(38)26-35-25-23-33(28-39(35)43)30-14-5-2-6-15-30/h1-16,18-25,27-28,31H,17,26H2. The summed E-state index contributed by atoms with van der Waals surface area (Å²) in [5.41, 5.74) is 13.6. The Kier molecular flexibility index (Phi) is 5.79. The number of hydrogen-bond donors (Lipinski definition) is 0. The maximum Gasteiger partial charge on any atom is 0.238 e. The Hall–Kier alpha value is -5.47. The molecule has 1 amide bonds. The number of carbonyl (C=O) groups excluding carboxylic acids is 1. The van der Waals surface area contributed by atoms with E-state index < -0.39 is 5.41 Å². The summed E-state index contributed by atoms with van der Waals surface area (Å²) in [5, 5.41) is 0. The number of fused-ring (bicyclic) bond motifs is 8. The highest BCUT2D eigenvalue weighted by Crippen LogP contribution is 2.60. The first-order valence-corrected chi connectivity index (χ1v) is 15.8. The van der Waals surface area contributed by atoms with E-state index in [9.17, 15) is 4.79 Å². The first-order chi connectivity index (χ1) is 22.2. The number of hydrogen-bond acceptors (Lipinski definition) is 1. The normalized spacial score (nSPS) is 16.6. The van der Waals surface area contributed by atoms with Gasteiger partial charge in [-0.3, -0.25) is 9.69 Å². The molecule has 1 spiro atoms. The van der Waals surface area contributed by atoms with E-state index in [-0.39, 0.29) is 11.8 Å². The van der Waals surface area contributed by atoms with Crippen molar-refractivity contribution in [2.45, 2.75) is 18.3 Å². The topological polar surface area (TPSA) is 20.3 Å². The molecule has 0 saturated heterocycles. The van der Waals surface area contributed by atoms with E-state index in [0.717, 1.165) is 35.3 Å². The second-order valence-electron chi connectivity index (χ2n) is 12.4. The lowest BCUT2D eigenvalue weighted by atomic mass is 9.57. The number of anilines is 2. The van der Waals surface area contributed by atoms with Crippen molar-refractivity contribution < 1.29 is 4.79 Å². The molecule has 0 aromatic heterocycles. The summed E-state index contributed by atoms with van der Waals surface area (Å²) in [7, 11) is 0. The van der Waals surface area contributed by atoms with Gasteiger partial charge in [-0.1, -0.05) is 133 Å². The van der Waals surface area contributed by atoms with Gasteiger partial charge in [-0.2, -0.15) is 0 Å². The lowest BCUT2D eigenvalue weighted by Gasteiger charge is -2.49. The zero-order valence-corrected chi connectivity index (χ0v) is 24.9. The van der Waals surface area contributed by atoms with Crippen LogP contribution in [-0.4, -0.2) is 5.91 Å². The molecule has 45 heavy (non-hydrogen) atoms.